The van der Waals surface area contributed by atoms with Gasteiger partial charge in [-0.1, -0.05) is 11.6 Å². The highest BCUT2D eigenvalue weighted by molar-refractivity contribution is 6.30. The summed E-state index contributed by atoms with van der Waals surface area (Å²) in [5, 5.41) is 0.617. The van der Waals surface area contributed by atoms with Gasteiger partial charge < -0.3 is 4.42 Å². The number of carbonyl (C=O) groups excluding carboxylic acids is 1. The molecule has 0 aliphatic rings. The van der Waals surface area contributed by atoms with Crippen molar-refractivity contribution >= 4 is 23.5 Å². The van der Waals surface area contributed by atoms with E-state index in [1.165, 1.54) is 6.08 Å². The van der Waals surface area contributed by atoms with Gasteiger partial charge in [-0.25, -0.2) is 0 Å². The number of ketones is 1. The molecular formula is C13H9ClO2. The minimum absolute atomic E-state index is 0.0759. The van der Waals surface area contributed by atoms with Crippen LogP contribution in [0.15, 0.2) is 53.2 Å². The average Bonchev–Trinajstić information content (AvgIpc) is 2.80. The van der Waals surface area contributed by atoms with E-state index in [0.717, 1.165) is 0 Å². The predicted molar refractivity (Wildman–Crippen MR) is 63.5 cm³/mol. The van der Waals surface area contributed by atoms with Gasteiger partial charge in [0.2, 0.25) is 0 Å². The molecule has 0 atom stereocenters. The summed E-state index contributed by atoms with van der Waals surface area (Å²) in [5.41, 5.74) is 0.604. The fourth-order valence-corrected chi connectivity index (χ4v) is 1.38. The number of furan rings is 1. The molecule has 16 heavy (non-hydrogen) atoms. The van der Waals surface area contributed by atoms with Crippen LogP contribution in [0.4, 0.5) is 0 Å². The van der Waals surface area contributed by atoms with E-state index in [2.05, 4.69) is 0 Å². The van der Waals surface area contributed by atoms with Crippen molar-refractivity contribution in [1.29, 1.82) is 0 Å². The lowest BCUT2D eigenvalue weighted by Crippen LogP contribution is -1.92. The van der Waals surface area contributed by atoms with E-state index < -0.39 is 0 Å². The number of hydrogen-bond donors (Lipinski definition) is 0. The molecular weight excluding hydrogens is 224 g/mol. The van der Waals surface area contributed by atoms with Crippen molar-refractivity contribution in [2.75, 3.05) is 0 Å². The summed E-state index contributed by atoms with van der Waals surface area (Å²) in [6, 6.07) is 10.3. The molecule has 0 saturated heterocycles. The Labute approximate surface area is 98.2 Å². The van der Waals surface area contributed by atoms with Crippen molar-refractivity contribution in [3.05, 3.63) is 65.1 Å². The summed E-state index contributed by atoms with van der Waals surface area (Å²) in [5.74, 6) is 0.579. The van der Waals surface area contributed by atoms with Gasteiger partial charge in [-0.2, -0.15) is 0 Å². The largest absolute Gasteiger partial charge is 0.465 e. The van der Waals surface area contributed by atoms with Gasteiger partial charge in [-0.15, -0.1) is 0 Å². The van der Waals surface area contributed by atoms with E-state index in [0.29, 0.717) is 16.3 Å². The first kappa shape index (κ1) is 10.7. The summed E-state index contributed by atoms with van der Waals surface area (Å²) < 4.78 is 5.08. The summed E-state index contributed by atoms with van der Waals surface area (Å²) in [4.78, 5) is 11.7. The SMILES string of the molecule is O=C(/C=C/c1ccco1)c1ccc(Cl)cc1. The molecule has 0 radical (unpaired) electrons. The fraction of sp³-hybridized carbons (Fsp3) is 0. The van der Waals surface area contributed by atoms with Gasteiger partial charge in [0.1, 0.15) is 5.76 Å². The third kappa shape index (κ3) is 2.61. The molecule has 0 unspecified atom stereocenters. The topological polar surface area (TPSA) is 30.2 Å². The number of allylic oxidation sites excluding steroid dienone is 1. The Kier molecular flexibility index (Phi) is 3.22. The third-order valence-electron chi connectivity index (χ3n) is 2.07. The summed E-state index contributed by atoms with van der Waals surface area (Å²) in [6.45, 7) is 0. The normalized spacial score (nSPS) is 10.8. The first-order valence-corrected chi connectivity index (χ1v) is 5.15. The van der Waals surface area contributed by atoms with Gasteiger partial charge in [-0.05, 0) is 48.6 Å². The highest BCUT2D eigenvalue weighted by Crippen LogP contribution is 2.11. The molecule has 0 fully saturated rings. The van der Waals surface area contributed by atoms with Gasteiger partial charge in [0.05, 0.1) is 6.26 Å². The van der Waals surface area contributed by atoms with Gasteiger partial charge >= 0.3 is 0 Å². The van der Waals surface area contributed by atoms with Crippen LogP contribution in [0.3, 0.4) is 0 Å². The number of hydrogen-bond acceptors (Lipinski definition) is 2. The maximum absolute atomic E-state index is 11.7. The molecule has 2 aromatic rings. The maximum atomic E-state index is 11.7. The van der Waals surface area contributed by atoms with Crippen molar-refractivity contribution in [2.45, 2.75) is 0 Å². The maximum Gasteiger partial charge on any atom is 0.185 e. The Bertz CT molecular complexity index is 495. The van der Waals surface area contributed by atoms with Crippen molar-refractivity contribution < 1.29 is 9.21 Å². The second kappa shape index (κ2) is 4.81. The molecule has 0 aliphatic heterocycles. The van der Waals surface area contributed by atoms with E-state index in [4.69, 9.17) is 16.0 Å². The minimum atomic E-state index is -0.0759. The van der Waals surface area contributed by atoms with Crippen LogP contribution < -0.4 is 0 Å². The average molecular weight is 233 g/mol. The van der Waals surface area contributed by atoms with E-state index in [9.17, 15) is 4.79 Å². The minimum Gasteiger partial charge on any atom is -0.465 e. The molecule has 0 spiro atoms. The Morgan fingerprint density at radius 1 is 1.19 bits per heavy atom. The second-order valence-electron chi connectivity index (χ2n) is 3.22. The molecule has 3 heteroatoms. The van der Waals surface area contributed by atoms with Gasteiger partial charge in [0.25, 0.3) is 0 Å². The quantitative estimate of drug-likeness (QED) is 0.595. The third-order valence-corrected chi connectivity index (χ3v) is 2.32. The lowest BCUT2D eigenvalue weighted by Gasteiger charge is -1.94. The van der Waals surface area contributed by atoms with Crippen molar-refractivity contribution in [1.82, 2.24) is 0 Å². The monoisotopic (exact) mass is 232 g/mol. The fourth-order valence-electron chi connectivity index (χ4n) is 1.25. The molecule has 1 heterocycles. The summed E-state index contributed by atoms with van der Waals surface area (Å²) in [6.07, 6.45) is 4.67. The van der Waals surface area contributed by atoms with Crippen LogP contribution in [0.2, 0.25) is 5.02 Å². The van der Waals surface area contributed by atoms with Crippen molar-refractivity contribution in [3.63, 3.8) is 0 Å². The van der Waals surface area contributed by atoms with Crippen LogP contribution in [0.5, 0.6) is 0 Å². The Morgan fingerprint density at radius 3 is 2.56 bits per heavy atom. The molecule has 0 saturated carbocycles. The van der Waals surface area contributed by atoms with Crippen LogP contribution in [-0.2, 0) is 0 Å². The molecule has 0 bridgehead atoms. The molecule has 1 aromatic heterocycles. The molecule has 1 aromatic carbocycles. The highest BCUT2D eigenvalue weighted by atomic mass is 35.5. The predicted octanol–water partition coefficient (Wildman–Crippen LogP) is 3.83. The summed E-state index contributed by atoms with van der Waals surface area (Å²) in [7, 11) is 0. The lowest BCUT2D eigenvalue weighted by atomic mass is 10.1. The van der Waals surface area contributed by atoms with Gasteiger partial charge in [-0.3, -0.25) is 4.79 Å². The van der Waals surface area contributed by atoms with Crippen LogP contribution >= 0.6 is 11.6 Å². The van der Waals surface area contributed by atoms with Gasteiger partial charge in [0, 0.05) is 10.6 Å². The molecule has 2 rings (SSSR count). The number of carbonyl (C=O) groups is 1. The molecule has 0 N–H and O–H groups in total. The van der Waals surface area contributed by atoms with Crippen LogP contribution in [0.1, 0.15) is 16.1 Å². The summed E-state index contributed by atoms with van der Waals surface area (Å²) >= 11 is 5.73. The Balaban J connectivity index is 2.11. The molecule has 0 aliphatic carbocycles. The highest BCUT2D eigenvalue weighted by Gasteiger charge is 2.01. The van der Waals surface area contributed by atoms with E-state index in [1.54, 1.807) is 48.7 Å². The molecule has 0 amide bonds. The van der Waals surface area contributed by atoms with E-state index in [1.807, 2.05) is 0 Å². The number of halogens is 1. The van der Waals surface area contributed by atoms with Crippen molar-refractivity contribution in [2.24, 2.45) is 0 Å². The first-order chi connectivity index (χ1) is 7.75. The standard InChI is InChI=1S/C13H9ClO2/c14-11-5-3-10(4-6-11)13(15)8-7-12-2-1-9-16-12/h1-9H/b8-7+. The zero-order chi connectivity index (χ0) is 11.4. The van der Waals surface area contributed by atoms with Crippen LogP contribution in [-0.4, -0.2) is 5.78 Å². The zero-order valence-corrected chi connectivity index (χ0v) is 9.15. The smallest absolute Gasteiger partial charge is 0.185 e. The lowest BCUT2D eigenvalue weighted by molar-refractivity contribution is 0.104. The molecule has 80 valence electrons. The van der Waals surface area contributed by atoms with E-state index in [-0.39, 0.29) is 5.78 Å². The van der Waals surface area contributed by atoms with Crippen LogP contribution in [0.25, 0.3) is 6.08 Å². The van der Waals surface area contributed by atoms with Crippen molar-refractivity contribution in [3.8, 4) is 0 Å². The zero-order valence-electron chi connectivity index (χ0n) is 8.39. The van der Waals surface area contributed by atoms with Gasteiger partial charge in [0.15, 0.2) is 5.78 Å². The van der Waals surface area contributed by atoms with Crippen LogP contribution in [0, 0.1) is 0 Å². The Hall–Kier alpha value is -1.80. The number of rotatable bonds is 3. The molecule has 2 nitrogen and oxygen atoms in total. The Morgan fingerprint density at radius 2 is 1.94 bits per heavy atom. The van der Waals surface area contributed by atoms with E-state index >= 15 is 0 Å². The first-order valence-electron chi connectivity index (χ1n) is 4.77. The second-order valence-corrected chi connectivity index (χ2v) is 3.66. The number of benzene rings is 1.